The fourth-order valence-electron chi connectivity index (χ4n) is 3.48. The van der Waals surface area contributed by atoms with Gasteiger partial charge in [0.2, 0.25) is 0 Å². The monoisotopic (exact) mass is 344 g/mol. The second kappa shape index (κ2) is 11.1. The highest BCUT2D eigenvalue weighted by Gasteiger charge is 2.21. The number of ketones is 1. The maximum absolute atomic E-state index is 11.8. The Morgan fingerprint density at radius 2 is 1.84 bits per heavy atom. The van der Waals surface area contributed by atoms with Crippen LogP contribution in [0.3, 0.4) is 0 Å². The van der Waals surface area contributed by atoms with Gasteiger partial charge in [0.1, 0.15) is 5.78 Å². The first kappa shape index (κ1) is 19.7. The van der Waals surface area contributed by atoms with Gasteiger partial charge in [-0.2, -0.15) is 0 Å². The predicted octanol–water partition coefficient (Wildman–Crippen LogP) is 5.04. The van der Waals surface area contributed by atoms with Gasteiger partial charge in [-0.1, -0.05) is 37.6 Å². The molecule has 0 spiro atoms. The van der Waals surface area contributed by atoms with E-state index in [1.807, 2.05) is 0 Å². The molecule has 1 aromatic rings. The molecule has 0 radical (unpaired) electrons. The summed E-state index contributed by atoms with van der Waals surface area (Å²) < 4.78 is 5.31. The number of ether oxygens (including phenoxy) is 1. The van der Waals surface area contributed by atoms with Crippen LogP contribution < -0.4 is 0 Å². The third-order valence-electron chi connectivity index (χ3n) is 5.17. The highest BCUT2D eigenvalue weighted by molar-refractivity contribution is 5.81. The molecule has 0 amide bonds. The standard InChI is InChI=1S/C22H32O3/c1-2-18-13-15-19(16-14-18)8-5-6-17-25-22(24)12-7-10-20-9-3-4-11-21(20)23/h13-16,20H,2-12,17H2,1H3. The van der Waals surface area contributed by atoms with Crippen molar-refractivity contribution in [3.63, 3.8) is 0 Å². The molecule has 1 atom stereocenters. The maximum Gasteiger partial charge on any atom is 0.305 e. The summed E-state index contributed by atoms with van der Waals surface area (Å²) in [5.74, 6) is 0.475. The van der Waals surface area contributed by atoms with Crippen molar-refractivity contribution < 1.29 is 14.3 Å². The molecule has 1 unspecified atom stereocenters. The smallest absolute Gasteiger partial charge is 0.305 e. The fraction of sp³-hybridized carbons (Fsp3) is 0.636. The molecule has 138 valence electrons. The minimum absolute atomic E-state index is 0.115. The van der Waals surface area contributed by atoms with E-state index in [0.717, 1.165) is 64.2 Å². The summed E-state index contributed by atoms with van der Waals surface area (Å²) >= 11 is 0. The Morgan fingerprint density at radius 3 is 2.56 bits per heavy atom. The quantitative estimate of drug-likeness (QED) is 0.441. The molecule has 0 saturated heterocycles. The largest absolute Gasteiger partial charge is 0.466 e. The van der Waals surface area contributed by atoms with Crippen molar-refractivity contribution in [1.82, 2.24) is 0 Å². The Morgan fingerprint density at radius 1 is 1.08 bits per heavy atom. The van der Waals surface area contributed by atoms with E-state index in [4.69, 9.17) is 4.74 Å². The third kappa shape index (κ3) is 7.41. The van der Waals surface area contributed by atoms with Gasteiger partial charge in [-0.15, -0.1) is 0 Å². The van der Waals surface area contributed by atoms with E-state index in [9.17, 15) is 9.59 Å². The number of Topliss-reactive ketones (excluding diaryl/α,β-unsaturated/α-hetero) is 1. The predicted molar refractivity (Wildman–Crippen MR) is 101 cm³/mol. The van der Waals surface area contributed by atoms with Crippen LogP contribution in [0.1, 0.15) is 75.8 Å². The highest BCUT2D eigenvalue weighted by atomic mass is 16.5. The van der Waals surface area contributed by atoms with Gasteiger partial charge < -0.3 is 4.74 Å². The first-order chi connectivity index (χ1) is 12.2. The normalized spacial score (nSPS) is 17.5. The topological polar surface area (TPSA) is 43.4 Å². The van der Waals surface area contributed by atoms with E-state index < -0.39 is 0 Å². The number of esters is 1. The molecule has 1 aliphatic rings. The van der Waals surface area contributed by atoms with Crippen molar-refractivity contribution in [1.29, 1.82) is 0 Å². The average molecular weight is 344 g/mol. The number of hydrogen-bond donors (Lipinski definition) is 0. The molecular weight excluding hydrogens is 312 g/mol. The average Bonchev–Trinajstić information content (AvgIpc) is 2.63. The molecule has 25 heavy (non-hydrogen) atoms. The summed E-state index contributed by atoms with van der Waals surface area (Å²) in [6.45, 7) is 2.67. The molecule has 0 N–H and O–H groups in total. The molecule has 0 bridgehead atoms. The SMILES string of the molecule is CCc1ccc(CCCCOC(=O)CCCC2CCCCC2=O)cc1. The van der Waals surface area contributed by atoms with E-state index >= 15 is 0 Å². The van der Waals surface area contributed by atoms with Gasteiger partial charge in [0.25, 0.3) is 0 Å². The van der Waals surface area contributed by atoms with Crippen molar-refractivity contribution in [2.24, 2.45) is 5.92 Å². The van der Waals surface area contributed by atoms with Gasteiger partial charge in [0.05, 0.1) is 6.61 Å². The van der Waals surface area contributed by atoms with E-state index in [2.05, 4.69) is 31.2 Å². The van der Waals surface area contributed by atoms with Gasteiger partial charge in [0.15, 0.2) is 0 Å². The summed E-state index contributed by atoms with van der Waals surface area (Å²) in [7, 11) is 0. The first-order valence-electron chi connectivity index (χ1n) is 9.95. The zero-order valence-corrected chi connectivity index (χ0v) is 15.6. The van der Waals surface area contributed by atoms with E-state index in [1.165, 1.54) is 11.1 Å². The third-order valence-corrected chi connectivity index (χ3v) is 5.17. The number of carbonyl (C=O) groups is 2. The lowest BCUT2D eigenvalue weighted by Crippen LogP contribution is -2.19. The van der Waals surface area contributed by atoms with Gasteiger partial charge >= 0.3 is 5.97 Å². The van der Waals surface area contributed by atoms with Gasteiger partial charge in [0, 0.05) is 18.8 Å². The van der Waals surface area contributed by atoms with E-state index in [-0.39, 0.29) is 11.9 Å². The molecule has 0 heterocycles. The van der Waals surface area contributed by atoms with Crippen molar-refractivity contribution in [3.05, 3.63) is 35.4 Å². The highest BCUT2D eigenvalue weighted by Crippen LogP contribution is 2.25. The summed E-state index contributed by atoms with van der Waals surface area (Å²) in [4.78, 5) is 23.5. The Balaban J connectivity index is 1.49. The van der Waals surface area contributed by atoms with Crippen LogP contribution in [-0.2, 0) is 27.2 Å². The Kier molecular flexibility index (Phi) is 8.71. The van der Waals surface area contributed by atoms with Gasteiger partial charge in [-0.05, 0) is 62.5 Å². The number of hydrogen-bond acceptors (Lipinski definition) is 3. The van der Waals surface area contributed by atoms with Crippen LogP contribution in [0.15, 0.2) is 24.3 Å². The Labute approximate surface area is 152 Å². The minimum atomic E-state index is -0.115. The number of benzene rings is 1. The lowest BCUT2D eigenvalue weighted by atomic mass is 9.84. The summed E-state index contributed by atoms with van der Waals surface area (Å²) in [5, 5.41) is 0. The molecular formula is C22H32O3. The van der Waals surface area contributed by atoms with Crippen LogP contribution in [0.2, 0.25) is 0 Å². The molecule has 1 saturated carbocycles. The summed E-state index contributed by atoms with van der Waals surface area (Å²) in [6, 6.07) is 8.76. The maximum atomic E-state index is 11.8. The fourth-order valence-corrected chi connectivity index (χ4v) is 3.48. The molecule has 2 rings (SSSR count). The molecule has 1 aromatic carbocycles. The van der Waals surface area contributed by atoms with E-state index in [1.54, 1.807) is 0 Å². The Bertz CT molecular complexity index is 533. The second-order valence-electron chi connectivity index (χ2n) is 7.15. The van der Waals surface area contributed by atoms with Crippen molar-refractivity contribution in [2.45, 2.75) is 77.6 Å². The van der Waals surface area contributed by atoms with Crippen LogP contribution in [0, 0.1) is 5.92 Å². The van der Waals surface area contributed by atoms with Gasteiger partial charge in [-0.3, -0.25) is 9.59 Å². The number of carbonyl (C=O) groups excluding carboxylic acids is 2. The second-order valence-corrected chi connectivity index (χ2v) is 7.15. The zero-order valence-electron chi connectivity index (χ0n) is 15.6. The van der Waals surface area contributed by atoms with Crippen molar-refractivity contribution >= 4 is 11.8 Å². The summed E-state index contributed by atoms with van der Waals surface area (Å²) in [5.41, 5.74) is 2.72. The lowest BCUT2D eigenvalue weighted by Gasteiger charge is -2.19. The Hall–Kier alpha value is -1.64. The number of rotatable bonds is 10. The van der Waals surface area contributed by atoms with Crippen LogP contribution in [0.5, 0.6) is 0 Å². The zero-order chi connectivity index (χ0) is 17.9. The number of aryl methyl sites for hydroxylation is 2. The molecule has 1 fully saturated rings. The summed E-state index contributed by atoms with van der Waals surface area (Å²) in [6.07, 6.45) is 10.1. The van der Waals surface area contributed by atoms with Crippen molar-refractivity contribution in [2.75, 3.05) is 6.61 Å². The van der Waals surface area contributed by atoms with Crippen LogP contribution >= 0.6 is 0 Å². The minimum Gasteiger partial charge on any atom is -0.466 e. The van der Waals surface area contributed by atoms with E-state index in [0.29, 0.717) is 18.8 Å². The van der Waals surface area contributed by atoms with Crippen LogP contribution in [-0.4, -0.2) is 18.4 Å². The molecule has 3 heteroatoms. The molecule has 1 aliphatic carbocycles. The molecule has 3 nitrogen and oxygen atoms in total. The number of unbranched alkanes of at least 4 members (excludes halogenated alkanes) is 1. The van der Waals surface area contributed by atoms with Crippen LogP contribution in [0.4, 0.5) is 0 Å². The van der Waals surface area contributed by atoms with Gasteiger partial charge in [-0.25, -0.2) is 0 Å². The van der Waals surface area contributed by atoms with Crippen molar-refractivity contribution in [3.8, 4) is 0 Å². The first-order valence-corrected chi connectivity index (χ1v) is 9.95. The molecule has 0 aliphatic heterocycles. The van der Waals surface area contributed by atoms with Crippen LogP contribution in [0.25, 0.3) is 0 Å². The lowest BCUT2D eigenvalue weighted by molar-refractivity contribution is -0.144. The molecule has 0 aromatic heterocycles.